The van der Waals surface area contributed by atoms with Crippen LogP contribution in [0, 0.1) is 6.92 Å². The lowest BCUT2D eigenvalue weighted by Crippen LogP contribution is -2.26. The van der Waals surface area contributed by atoms with Crippen LogP contribution in [0.2, 0.25) is 0 Å². The van der Waals surface area contributed by atoms with Crippen LogP contribution in [0.3, 0.4) is 0 Å². The minimum atomic E-state index is 0.0206. The van der Waals surface area contributed by atoms with Crippen molar-refractivity contribution in [3.8, 4) is 11.6 Å². The molecule has 6 nitrogen and oxygen atoms in total. The van der Waals surface area contributed by atoms with Gasteiger partial charge in [-0.15, -0.1) is 5.10 Å². The van der Waals surface area contributed by atoms with Gasteiger partial charge in [-0.05, 0) is 50.6 Å². The van der Waals surface area contributed by atoms with E-state index in [1.54, 1.807) is 11.6 Å². The van der Waals surface area contributed by atoms with Crippen molar-refractivity contribution in [3.63, 3.8) is 0 Å². The molecule has 0 aliphatic carbocycles. The molecule has 1 aliphatic heterocycles. The van der Waals surface area contributed by atoms with E-state index >= 15 is 0 Å². The van der Waals surface area contributed by atoms with Crippen molar-refractivity contribution in [3.05, 3.63) is 40.5 Å². The predicted molar refractivity (Wildman–Crippen MR) is 92.9 cm³/mol. The Morgan fingerprint density at radius 1 is 1.21 bits per heavy atom. The first kappa shape index (κ1) is 15.4. The van der Waals surface area contributed by atoms with Crippen LogP contribution >= 0.6 is 11.3 Å². The molecule has 0 amide bonds. The lowest BCUT2D eigenvalue weighted by atomic mass is 10.0. The number of rotatable bonds is 4. The lowest BCUT2D eigenvalue weighted by molar-refractivity contribution is 0.277. The maximum absolute atomic E-state index is 10.7. The number of methoxy groups -OCH3 is 1. The third-order valence-corrected chi connectivity index (χ3v) is 5.56. The molecule has 1 aliphatic rings. The van der Waals surface area contributed by atoms with E-state index in [9.17, 15) is 5.11 Å². The highest BCUT2D eigenvalue weighted by atomic mass is 32.1. The normalized spacial score (nSPS) is 16.8. The first-order valence-corrected chi connectivity index (χ1v) is 8.92. The number of likely N-dealkylation sites (tertiary alicyclic amines) is 1. The Labute approximate surface area is 144 Å². The third kappa shape index (κ3) is 2.53. The van der Waals surface area contributed by atoms with E-state index in [1.165, 1.54) is 24.2 Å². The van der Waals surface area contributed by atoms with Crippen LogP contribution in [0.25, 0.3) is 4.96 Å². The number of benzene rings is 1. The molecule has 2 aromatic heterocycles. The van der Waals surface area contributed by atoms with Crippen molar-refractivity contribution >= 4 is 16.3 Å². The highest BCUT2D eigenvalue weighted by Crippen LogP contribution is 2.41. The molecule has 3 aromatic rings. The monoisotopic (exact) mass is 344 g/mol. The van der Waals surface area contributed by atoms with Crippen molar-refractivity contribution in [1.82, 2.24) is 19.5 Å². The first-order valence-electron chi connectivity index (χ1n) is 8.10. The van der Waals surface area contributed by atoms with Crippen molar-refractivity contribution in [2.24, 2.45) is 0 Å². The minimum absolute atomic E-state index is 0.0206. The molecule has 1 unspecified atom stereocenters. The van der Waals surface area contributed by atoms with E-state index in [1.807, 2.05) is 19.1 Å². The van der Waals surface area contributed by atoms with Crippen LogP contribution in [0.4, 0.5) is 0 Å². The van der Waals surface area contributed by atoms with Crippen molar-refractivity contribution in [1.29, 1.82) is 0 Å². The Kier molecular flexibility index (Phi) is 3.90. The smallest absolute Gasteiger partial charge is 0.230 e. The molecule has 1 atom stereocenters. The van der Waals surface area contributed by atoms with Gasteiger partial charge in [0, 0.05) is 0 Å². The van der Waals surface area contributed by atoms with Gasteiger partial charge in [-0.25, -0.2) is 4.98 Å². The molecular formula is C17H20N4O2S. The summed E-state index contributed by atoms with van der Waals surface area (Å²) >= 11 is 1.51. The van der Waals surface area contributed by atoms with Gasteiger partial charge in [0.05, 0.1) is 18.0 Å². The molecule has 3 heterocycles. The summed E-state index contributed by atoms with van der Waals surface area (Å²) in [6, 6.07) is 8.10. The standard InChI is InChI=1S/C17H20N4O2S/c1-11-18-17-21(19-11)16(22)15(24-17)14(20-9-3-4-10-20)12-5-7-13(23-2)8-6-12/h5-8,14,22H,3-4,9-10H2,1-2H3. The minimum Gasteiger partial charge on any atom is -0.497 e. The van der Waals surface area contributed by atoms with Gasteiger partial charge < -0.3 is 9.84 Å². The van der Waals surface area contributed by atoms with E-state index in [-0.39, 0.29) is 11.9 Å². The number of fused-ring (bicyclic) bond motifs is 1. The largest absolute Gasteiger partial charge is 0.497 e. The number of aryl methyl sites for hydroxylation is 1. The van der Waals surface area contributed by atoms with Crippen LogP contribution in [-0.4, -0.2) is 44.8 Å². The molecule has 7 heteroatoms. The SMILES string of the molecule is COc1ccc(C(c2sc3nc(C)nn3c2O)N2CCCC2)cc1. The second-order valence-corrected chi connectivity index (χ2v) is 7.07. The van der Waals surface area contributed by atoms with E-state index in [0.29, 0.717) is 5.82 Å². The Morgan fingerprint density at radius 3 is 2.54 bits per heavy atom. The van der Waals surface area contributed by atoms with Gasteiger partial charge >= 0.3 is 0 Å². The molecular weight excluding hydrogens is 324 g/mol. The summed E-state index contributed by atoms with van der Waals surface area (Å²) in [6.07, 6.45) is 2.38. The average Bonchev–Trinajstić information content (AvgIpc) is 3.29. The van der Waals surface area contributed by atoms with Gasteiger partial charge in [0.15, 0.2) is 0 Å². The maximum Gasteiger partial charge on any atom is 0.230 e. The summed E-state index contributed by atoms with van der Waals surface area (Å²) in [5, 5.41) is 15.0. The number of hydrogen-bond donors (Lipinski definition) is 1. The zero-order valence-corrected chi connectivity index (χ0v) is 14.6. The summed E-state index contributed by atoms with van der Waals surface area (Å²) < 4.78 is 6.81. The summed E-state index contributed by atoms with van der Waals surface area (Å²) in [5.74, 6) is 1.70. The zero-order valence-electron chi connectivity index (χ0n) is 13.8. The summed E-state index contributed by atoms with van der Waals surface area (Å²) in [6.45, 7) is 3.89. The number of thiazole rings is 1. The molecule has 1 fully saturated rings. The number of nitrogens with zero attached hydrogens (tertiary/aromatic N) is 4. The van der Waals surface area contributed by atoms with E-state index in [0.717, 1.165) is 34.2 Å². The second kappa shape index (κ2) is 6.07. The van der Waals surface area contributed by atoms with E-state index in [2.05, 4.69) is 27.1 Å². The molecule has 0 spiro atoms. The average molecular weight is 344 g/mol. The quantitative estimate of drug-likeness (QED) is 0.788. The molecule has 24 heavy (non-hydrogen) atoms. The fraction of sp³-hybridized carbons (Fsp3) is 0.412. The fourth-order valence-corrected chi connectivity index (χ4v) is 4.50. The molecule has 0 radical (unpaired) electrons. The molecule has 0 saturated carbocycles. The Hall–Kier alpha value is -2.12. The topological polar surface area (TPSA) is 62.9 Å². The molecule has 4 rings (SSSR count). The first-order chi connectivity index (χ1) is 11.7. The number of hydrogen-bond acceptors (Lipinski definition) is 6. The molecule has 1 N–H and O–H groups in total. The van der Waals surface area contributed by atoms with Crippen molar-refractivity contribution in [2.75, 3.05) is 20.2 Å². The van der Waals surface area contributed by atoms with Crippen molar-refractivity contribution in [2.45, 2.75) is 25.8 Å². The Balaban J connectivity index is 1.81. The van der Waals surface area contributed by atoms with Crippen molar-refractivity contribution < 1.29 is 9.84 Å². The summed E-state index contributed by atoms with van der Waals surface area (Å²) in [5.41, 5.74) is 1.15. The highest BCUT2D eigenvalue weighted by Gasteiger charge is 2.30. The third-order valence-electron chi connectivity index (χ3n) is 4.49. The maximum atomic E-state index is 10.7. The van der Waals surface area contributed by atoms with Crippen LogP contribution in [0.5, 0.6) is 11.6 Å². The number of aromatic nitrogens is 3. The van der Waals surface area contributed by atoms with Crippen LogP contribution in [-0.2, 0) is 0 Å². The van der Waals surface area contributed by atoms with Crippen LogP contribution in [0.15, 0.2) is 24.3 Å². The Bertz CT molecular complexity index is 849. The molecule has 1 saturated heterocycles. The molecule has 1 aromatic carbocycles. The lowest BCUT2D eigenvalue weighted by Gasteiger charge is -2.27. The van der Waals surface area contributed by atoms with Gasteiger partial charge in [-0.2, -0.15) is 4.52 Å². The molecule has 126 valence electrons. The molecule has 0 bridgehead atoms. The number of ether oxygens (including phenoxy) is 1. The van der Waals surface area contributed by atoms with Crippen LogP contribution in [0.1, 0.15) is 35.1 Å². The predicted octanol–water partition coefficient (Wildman–Crippen LogP) is 3.00. The van der Waals surface area contributed by atoms with E-state index < -0.39 is 0 Å². The van der Waals surface area contributed by atoms with Gasteiger partial charge in [0.2, 0.25) is 10.8 Å². The van der Waals surface area contributed by atoms with E-state index in [4.69, 9.17) is 4.74 Å². The Morgan fingerprint density at radius 2 is 1.92 bits per heavy atom. The van der Waals surface area contributed by atoms with Gasteiger partial charge in [-0.1, -0.05) is 23.5 Å². The van der Waals surface area contributed by atoms with Gasteiger partial charge in [0.1, 0.15) is 11.6 Å². The zero-order chi connectivity index (χ0) is 16.7. The highest BCUT2D eigenvalue weighted by molar-refractivity contribution is 7.17. The van der Waals surface area contributed by atoms with Gasteiger partial charge in [0.25, 0.3) is 0 Å². The summed E-state index contributed by atoms with van der Waals surface area (Å²) in [4.78, 5) is 8.45. The summed E-state index contributed by atoms with van der Waals surface area (Å²) in [7, 11) is 1.67. The second-order valence-electron chi connectivity index (χ2n) is 6.06. The van der Waals surface area contributed by atoms with Gasteiger partial charge in [-0.3, -0.25) is 4.90 Å². The number of aromatic hydroxyl groups is 1. The van der Waals surface area contributed by atoms with Crippen LogP contribution < -0.4 is 4.74 Å². The fourth-order valence-electron chi connectivity index (χ4n) is 3.34.